The number of nitrogens with two attached hydrogens (primary N) is 2. The van der Waals surface area contributed by atoms with Gasteiger partial charge in [0.25, 0.3) is 0 Å². The highest BCUT2D eigenvalue weighted by Gasteiger charge is 2.30. The number of carboxylic acid groups (broad SMARTS) is 2. The SMILES string of the molecule is CC[C@H](C)[C@H](NC(=O)[C@H](CC(C)C)NC(=O)CCCCCCCCCCCCCCCC(=O)O)C(=O)NCC(=O)N[C@@H](CCCN=C(N)N)C(=O)O. The first kappa shape index (κ1) is 48.1. The average molecular weight is 740 g/mol. The van der Waals surface area contributed by atoms with Crippen LogP contribution < -0.4 is 32.7 Å². The fourth-order valence-corrected chi connectivity index (χ4v) is 5.72. The van der Waals surface area contributed by atoms with E-state index in [1.54, 1.807) is 6.92 Å². The molecule has 0 rings (SSSR count). The lowest BCUT2D eigenvalue weighted by molar-refractivity contribution is -0.142. The summed E-state index contributed by atoms with van der Waals surface area (Å²) < 4.78 is 0. The van der Waals surface area contributed by atoms with Crippen LogP contribution in [0.2, 0.25) is 0 Å². The Morgan fingerprint density at radius 3 is 1.60 bits per heavy atom. The number of amides is 4. The van der Waals surface area contributed by atoms with Crippen molar-refractivity contribution in [3.63, 3.8) is 0 Å². The second-order valence-corrected chi connectivity index (χ2v) is 14.2. The van der Waals surface area contributed by atoms with Crippen molar-refractivity contribution in [2.75, 3.05) is 13.1 Å². The molecule has 0 saturated carbocycles. The second-order valence-electron chi connectivity index (χ2n) is 14.2. The van der Waals surface area contributed by atoms with E-state index in [9.17, 15) is 33.9 Å². The molecule has 4 atom stereocenters. The maximum Gasteiger partial charge on any atom is 0.326 e. The third-order valence-corrected chi connectivity index (χ3v) is 8.95. The van der Waals surface area contributed by atoms with Crippen molar-refractivity contribution in [1.29, 1.82) is 0 Å². The van der Waals surface area contributed by atoms with Gasteiger partial charge in [-0.25, -0.2) is 4.79 Å². The number of aliphatic imine (C=N–C) groups is 1. The lowest BCUT2D eigenvalue weighted by Crippen LogP contribution is -2.57. The maximum absolute atomic E-state index is 13.4. The van der Waals surface area contributed by atoms with Crippen LogP contribution in [0.3, 0.4) is 0 Å². The van der Waals surface area contributed by atoms with Gasteiger partial charge in [-0.3, -0.25) is 29.0 Å². The van der Waals surface area contributed by atoms with E-state index < -0.39 is 54.3 Å². The molecule has 4 amide bonds. The van der Waals surface area contributed by atoms with Gasteiger partial charge in [0.15, 0.2) is 5.96 Å². The van der Waals surface area contributed by atoms with E-state index in [4.69, 9.17) is 16.6 Å². The van der Waals surface area contributed by atoms with E-state index in [0.717, 1.165) is 44.9 Å². The number of aliphatic carboxylic acids is 2. The summed E-state index contributed by atoms with van der Waals surface area (Å²) in [6, 6.07) is -2.98. The number of carboxylic acids is 2. The minimum Gasteiger partial charge on any atom is -0.481 e. The summed E-state index contributed by atoms with van der Waals surface area (Å²) in [6.45, 7) is 7.28. The van der Waals surface area contributed by atoms with Crippen LogP contribution in [0.4, 0.5) is 0 Å². The normalized spacial score (nSPS) is 13.3. The number of unbranched alkanes of at least 4 members (excludes halogenated alkanes) is 12. The summed E-state index contributed by atoms with van der Waals surface area (Å²) in [7, 11) is 0. The zero-order valence-electron chi connectivity index (χ0n) is 32.2. The Bertz CT molecular complexity index is 1100. The number of carbonyl (C=O) groups excluding carboxylic acids is 4. The summed E-state index contributed by atoms with van der Waals surface area (Å²) in [6.07, 6.45) is 15.8. The molecule has 10 N–H and O–H groups in total. The third-order valence-electron chi connectivity index (χ3n) is 8.95. The van der Waals surface area contributed by atoms with Crippen molar-refractivity contribution in [2.45, 2.75) is 168 Å². The van der Waals surface area contributed by atoms with Gasteiger partial charge in [0.1, 0.15) is 18.1 Å². The van der Waals surface area contributed by atoms with Crippen molar-refractivity contribution in [1.82, 2.24) is 21.3 Å². The summed E-state index contributed by atoms with van der Waals surface area (Å²) >= 11 is 0. The summed E-state index contributed by atoms with van der Waals surface area (Å²) in [5.74, 6) is -4.22. The molecule has 0 aliphatic carbocycles. The highest BCUT2D eigenvalue weighted by atomic mass is 16.4. The van der Waals surface area contributed by atoms with E-state index in [2.05, 4.69) is 26.3 Å². The van der Waals surface area contributed by atoms with Crippen LogP contribution in [0.25, 0.3) is 0 Å². The highest BCUT2D eigenvalue weighted by Crippen LogP contribution is 2.15. The largest absolute Gasteiger partial charge is 0.481 e. The van der Waals surface area contributed by atoms with Crippen LogP contribution in [0.5, 0.6) is 0 Å². The fourth-order valence-electron chi connectivity index (χ4n) is 5.72. The summed E-state index contributed by atoms with van der Waals surface area (Å²) in [5.41, 5.74) is 10.5. The smallest absolute Gasteiger partial charge is 0.326 e. The molecule has 0 aromatic carbocycles. The van der Waals surface area contributed by atoms with E-state index in [-0.39, 0.29) is 43.1 Å². The first-order valence-electron chi connectivity index (χ1n) is 19.3. The van der Waals surface area contributed by atoms with Crippen molar-refractivity contribution in [3.05, 3.63) is 0 Å². The molecule has 15 heteroatoms. The Morgan fingerprint density at radius 2 is 1.13 bits per heavy atom. The number of guanidine groups is 1. The van der Waals surface area contributed by atoms with Gasteiger partial charge in [0.2, 0.25) is 23.6 Å². The van der Waals surface area contributed by atoms with Gasteiger partial charge in [-0.05, 0) is 43.9 Å². The van der Waals surface area contributed by atoms with Gasteiger partial charge in [-0.1, -0.05) is 105 Å². The van der Waals surface area contributed by atoms with Gasteiger partial charge in [-0.2, -0.15) is 0 Å². The second kappa shape index (κ2) is 29.6. The maximum atomic E-state index is 13.4. The Hall–Kier alpha value is -3.91. The molecule has 0 saturated heterocycles. The van der Waals surface area contributed by atoms with E-state index in [1.165, 1.54) is 38.5 Å². The van der Waals surface area contributed by atoms with Gasteiger partial charge >= 0.3 is 11.9 Å². The molecule has 0 aromatic rings. The predicted octanol–water partition coefficient (Wildman–Crippen LogP) is 3.72. The molecule has 0 unspecified atom stereocenters. The minimum atomic E-state index is -1.23. The number of nitrogens with one attached hydrogen (secondary N) is 4. The zero-order chi connectivity index (χ0) is 39.3. The van der Waals surface area contributed by atoms with Crippen LogP contribution in [0.15, 0.2) is 4.99 Å². The summed E-state index contributed by atoms with van der Waals surface area (Å²) in [5, 5.41) is 28.7. The van der Waals surface area contributed by atoms with Gasteiger partial charge < -0.3 is 42.9 Å². The molecule has 0 fully saturated rings. The van der Waals surface area contributed by atoms with Crippen LogP contribution in [-0.4, -0.2) is 83.0 Å². The Morgan fingerprint density at radius 1 is 0.635 bits per heavy atom. The highest BCUT2D eigenvalue weighted by molar-refractivity contribution is 5.94. The lowest BCUT2D eigenvalue weighted by Gasteiger charge is -2.27. The van der Waals surface area contributed by atoms with E-state index in [1.807, 2.05) is 20.8 Å². The van der Waals surface area contributed by atoms with Crippen molar-refractivity contribution < 1.29 is 39.0 Å². The Balaban J connectivity index is 4.69. The van der Waals surface area contributed by atoms with Crippen LogP contribution in [0, 0.1) is 11.8 Å². The molecule has 0 aromatic heterocycles. The molecule has 0 aliphatic heterocycles. The monoisotopic (exact) mass is 740 g/mol. The molecular formula is C37H69N7O8. The van der Waals surface area contributed by atoms with Crippen molar-refractivity contribution >= 4 is 41.5 Å². The number of hydrogen-bond acceptors (Lipinski definition) is 7. The molecule has 0 spiro atoms. The number of hydrogen-bond donors (Lipinski definition) is 8. The van der Waals surface area contributed by atoms with Crippen LogP contribution in [0.1, 0.15) is 150 Å². The molecule has 0 radical (unpaired) electrons. The van der Waals surface area contributed by atoms with E-state index in [0.29, 0.717) is 25.7 Å². The standard InChI is InChI=1S/C37H69N7O8/c1-5-27(4)33(35(50)41-25-31(46)42-28(36(51)52)20-19-23-40-37(38)39)44-34(49)29(24-26(2)3)43-30(45)21-17-15-13-11-9-7-6-8-10-12-14-16-18-22-32(47)48/h26-29,33H,5-25H2,1-4H3,(H,41,50)(H,42,46)(H,43,45)(H,44,49)(H,47,48)(H,51,52)(H4,38,39,40)/t27-,28-,29-,33-/m0/s1. The first-order chi connectivity index (χ1) is 24.7. The number of carbonyl (C=O) groups is 6. The first-order valence-corrected chi connectivity index (χ1v) is 19.3. The summed E-state index contributed by atoms with van der Waals surface area (Å²) in [4.78, 5) is 77.8. The molecule has 0 bridgehead atoms. The minimum absolute atomic E-state index is 0.0862. The van der Waals surface area contributed by atoms with Crippen LogP contribution in [-0.2, 0) is 28.8 Å². The molecular weight excluding hydrogens is 670 g/mol. The molecule has 0 heterocycles. The lowest BCUT2D eigenvalue weighted by atomic mass is 9.96. The quantitative estimate of drug-likeness (QED) is 0.0282. The number of nitrogens with zero attached hydrogens (tertiary/aromatic N) is 1. The fraction of sp³-hybridized carbons (Fsp3) is 0.811. The van der Waals surface area contributed by atoms with Gasteiger partial charge in [0.05, 0.1) is 6.54 Å². The number of rotatable bonds is 32. The molecule has 52 heavy (non-hydrogen) atoms. The molecule has 0 aliphatic rings. The average Bonchev–Trinajstić information content (AvgIpc) is 3.07. The van der Waals surface area contributed by atoms with Crippen molar-refractivity contribution in [2.24, 2.45) is 28.3 Å². The Kier molecular flexibility index (Phi) is 27.4. The molecule has 15 nitrogen and oxygen atoms in total. The van der Waals surface area contributed by atoms with E-state index >= 15 is 0 Å². The topological polar surface area (TPSA) is 255 Å². The van der Waals surface area contributed by atoms with Crippen molar-refractivity contribution in [3.8, 4) is 0 Å². The van der Waals surface area contributed by atoms with Crippen LogP contribution >= 0.6 is 0 Å². The predicted molar refractivity (Wildman–Crippen MR) is 202 cm³/mol. The van der Waals surface area contributed by atoms with Gasteiger partial charge in [0, 0.05) is 19.4 Å². The zero-order valence-corrected chi connectivity index (χ0v) is 32.2. The Labute approximate surface area is 310 Å². The van der Waals surface area contributed by atoms with Gasteiger partial charge in [-0.15, -0.1) is 0 Å². The third kappa shape index (κ3) is 26.0. The molecule has 300 valence electrons.